The number of anilines is 1. The average Bonchev–Trinajstić information content (AvgIpc) is 2.37. The van der Waals surface area contributed by atoms with Crippen molar-refractivity contribution in [1.82, 2.24) is 4.98 Å². The van der Waals surface area contributed by atoms with Crippen LogP contribution in [-0.2, 0) is 6.54 Å². The van der Waals surface area contributed by atoms with Crippen LogP contribution in [0, 0.1) is 22.9 Å². The lowest BCUT2D eigenvalue weighted by Gasteiger charge is -2.19. The number of nitro groups is 1. The lowest BCUT2D eigenvalue weighted by molar-refractivity contribution is -0.385. The normalized spacial score (nSPS) is 10.3. The molecule has 0 atom stereocenters. The van der Waals surface area contributed by atoms with E-state index in [1.165, 1.54) is 12.1 Å². The summed E-state index contributed by atoms with van der Waals surface area (Å²) in [5, 5.41) is 10.7. The van der Waals surface area contributed by atoms with Crippen molar-refractivity contribution < 1.29 is 9.31 Å². The van der Waals surface area contributed by atoms with Crippen molar-refractivity contribution >= 4 is 11.4 Å². The summed E-state index contributed by atoms with van der Waals surface area (Å²) in [5.41, 5.74) is 1.89. The highest BCUT2D eigenvalue weighted by atomic mass is 19.1. The Labute approximate surface area is 115 Å². The monoisotopic (exact) mass is 275 g/mol. The quantitative estimate of drug-likeness (QED) is 0.635. The number of nitrogens with zero attached hydrogens (tertiary/aromatic N) is 3. The van der Waals surface area contributed by atoms with Crippen LogP contribution in [0.15, 0.2) is 36.4 Å². The lowest BCUT2D eigenvalue weighted by Crippen LogP contribution is -2.17. The fourth-order valence-corrected chi connectivity index (χ4v) is 1.91. The Kier molecular flexibility index (Phi) is 3.93. The molecule has 0 bridgehead atoms. The summed E-state index contributed by atoms with van der Waals surface area (Å²) in [4.78, 5) is 16.2. The molecule has 0 fully saturated rings. The Morgan fingerprint density at radius 2 is 2.10 bits per heavy atom. The summed E-state index contributed by atoms with van der Waals surface area (Å²) in [7, 11) is 1.74. The maximum absolute atomic E-state index is 13.4. The summed E-state index contributed by atoms with van der Waals surface area (Å²) in [6.45, 7) is 2.33. The van der Waals surface area contributed by atoms with Crippen LogP contribution >= 0.6 is 0 Å². The van der Waals surface area contributed by atoms with Gasteiger partial charge in [-0.05, 0) is 25.1 Å². The Morgan fingerprint density at radius 3 is 2.75 bits per heavy atom. The molecule has 0 radical (unpaired) electrons. The number of halogens is 1. The zero-order valence-electron chi connectivity index (χ0n) is 11.2. The second-order valence-electron chi connectivity index (χ2n) is 4.55. The second kappa shape index (κ2) is 5.64. The highest BCUT2D eigenvalue weighted by Crippen LogP contribution is 2.23. The van der Waals surface area contributed by atoms with Crippen LogP contribution < -0.4 is 4.90 Å². The van der Waals surface area contributed by atoms with Crippen molar-refractivity contribution in [3.8, 4) is 0 Å². The minimum Gasteiger partial charge on any atom is -0.368 e. The third-order valence-corrected chi connectivity index (χ3v) is 2.86. The number of aromatic nitrogens is 1. The van der Waals surface area contributed by atoms with Crippen LogP contribution in [-0.4, -0.2) is 17.0 Å². The van der Waals surface area contributed by atoms with Gasteiger partial charge in [-0.25, -0.2) is 4.39 Å². The van der Waals surface area contributed by atoms with Gasteiger partial charge in [-0.2, -0.15) is 0 Å². The Hall–Kier alpha value is -2.50. The van der Waals surface area contributed by atoms with Crippen LogP contribution in [0.25, 0.3) is 0 Å². The summed E-state index contributed by atoms with van der Waals surface area (Å²) < 4.78 is 13.4. The van der Waals surface area contributed by atoms with E-state index in [0.29, 0.717) is 12.2 Å². The molecule has 20 heavy (non-hydrogen) atoms. The first-order valence-electron chi connectivity index (χ1n) is 6.04. The van der Waals surface area contributed by atoms with Crippen LogP contribution in [0.5, 0.6) is 0 Å². The van der Waals surface area contributed by atoms with Gasteiger partial charge < -0.3 is 4.90 Å². The minimum atomic E-state index is -0.627. The van der Waals surface area contributed by atoms with Gasteiger partial charge in [0.2, 0.25) is 0 Å². The average molecular weight is 275 g/mol. The maximum Gasteiger partial charge on any atom is 0.274 e. The smallest absolute Gasteiger partial charge is 0.274 e. The van der Waals surface area contributed by atoms with Crippen molar-refractivity contribution in [2.75, 3.05) is 11.9 Å². The molecule has 0 N–H and O–H groups in total. The molecule has 0 aliphatic rings. The molecule has 2 rings (SSSR count). The molecule has 0 aliphatic carbocycles. The molecule has 0 amide bonds. The highest BCUT2D eigenvalue weighted by molar-refractivity contribution is 5.53. The first-order valence-corrected chi connectivity index (χ1v) is 6.04. The first-order chi connectivity index (χ1) is 9.45. The van der Waals surface area contributed by atoms with Crippen molar-refractivity contribution in [2.24, 2.45) is 0 Å². The topological polar surface area (TPSA) is 59.3 Å². The molecule has 0 aliphatic heterocycles. The maximum atomic E-state index is 13.4. The number of benzene rings is 1. The molecule has 104 valence electrons. The van der Waals surface area contributed by atoms with E-state index in [2.05, 4.69) is 4.98 Å². The fraction of sp³-hybridized carbons (Fsp3) is 0.214. The van der Waals surface area contributed by atoms with E-state index in [-0.39, 0.29) is 5.69 Å². The van der Waals surface area contributed by atoms with Gasteiger partial charge in [0.1, 0.15) is 5.82 Å². The van der Waals surface area contributed by atoms with Crippen molar-refractivity contribution in [2.45, 2.75) is 13.5 Å². The van der Waals surface area contributed by atoms with Crippen molar-refractivity contribution in [3.05, 3.63) is 63.7 Å². The van der Waals surface area contributed by atoms with Gasteiger partial charge in [0.15, 0.2) is 0 Å². The van der Waals surface area contributed by atoms with E-state index in [1.54, 1.807) is 11.9 Å². The number of non-ortho nitro benzene ring substituents is 1. The van der Waals surface area contributed by atoms with Crippen molar-refractivity contribution in [3.63, 3.8) is 0 Å². The van der Waals surface area contributed by atoms with Crippen LogP contribution in [0.4, 0.5) is 15.8 Å². The third kappa shape index (κ3) is 3.28. The van der Waals surface area contributed by atoms with Crippen LogP contribution in [0.1, 0.15) is 11.4 Å². The van der Waals surface area contributed by atoms with E-state index < -0.39 is 10.7 Å². The summed E-state index contributed by atoms with van der Waals surface area (Å²) >= 11 is 0. The molecule has 2 aromatic rings. The molecule has 6 heteroatoms. The molecule has 0 unspecified atom stereocenters. The Morgan fingerprint density at radius 1 is 1.35 bits per heavy atom. The number of aryl methyl sites for hydroxylation is 1. The van der Waals surface area contributed by atoms with E-state index >= 15 is 0 Å². The predicted molar refractivity (Wildman–Crippen MR) is 74.1 cm³/mol. The number of nitro benzene ring substituents is 1. The number of hydrogen-bond acceptors (Lipinski definition) is 4. The molecule has 0 saturated heterocycles. The molecular weight excluding hydrogens is 261 g/mol. The minimum absolute atomic E-state index is 0.260. The number of rotatable bonds is 4. The molecule has 1 heterocycles. The van der Waals surface area contributed by atoms with Crippen molar-refractivity contribution in [1.29, 1.82) is 0 Å². The highest BCUT2D eigenvalue weighted by Gasteiger charge is 2.12. The lowest BCUT2D eigenvalue weighted by atomic mass is 10.2. The molecule has 1 aromatic carbocycles. The standard InChI is InChI=1S/C14H14FN3O2/c1-10-4-3-5-12(16-10)9-17(2)13-6-11(15)7-14(8-13)18(19)20/h3-8H,9H2,1-2H3. The van der Waals surface area contributed by atoms with Gasteiger partial charge in [0.05, 0.1) is 23.2 Å². The fourth-order valence-electron chi connectivity index (χ4n) is 1.91. The largest absolute Gasteiger partial charge is 0.368 e. The summed E-state index contributed by atoms with van der Waals surface area (Å²) in [6, 6.07) is 9.15. The third-order valence-electron chi connectivity index (χ3n) is 2.86. The molecule has 5 nitrogen and oxygen atoms in total. The Bertz CT molecular complexity index is 646. The van der Waals surface area contributed by atoms with Gasteiger partial charge in [-0.1, -0.05) is 6.07 Å². The molecule has 1 aromatic heterocycles. The van der Waals surface area contributed by atoms with Gasteiger partial charge in [0, 0.05) is 24.5 Å². The van der Waals surface area contributed by atoms with Gasteiger partial charge in [-0.15, -0.1) is 0 Å². The van der Waals surface area contributed by atoms with Gasteiger partial charge in [-0.3, -0.25) is 15.1 Å². The second-order valence-corrected chi connectivity index (χ2v) is 4.55. The zero-order valence-corrected chi connectivity index (χ0v) is 11.2. The summed E-state index contributed by atoms with van der Waals surface area (Å²) in [6.07, 6.45) is 0. The molecular formula is C14H14FN3O2. The number of hydrogen-bond donors (Lipinski definition) is 0. The van der Waals surface area contributed by atoms with Gasteiger partial charge in [0.25, 0.3) is 5.69 Å². The zero-order chi connectivity index (χ0) is 14.7. The number of pyridine rings is 1. The molecule has 0 spiro atoms. The van der Waals surface area contributed by atoms with E-state index in [9.17, 15) is 14.5 Å². The SMILES string of the molecule is Cc1cccc(CN(C)c2cc(F)cc([N+](=O)[O-])c2)n1. The Balaban J connectivity index is 2.25. The summed E-state index contributed by atoms with van der Waals surface area (Å²) in [5.74, 6) is -0.627. The van der Waals surface area contributed by atoms with E-state index in [0.717, 1.165) is 17.5 Å². The van der Waals surface area contributed by atoms with Crippen LogP contribution in [0.3, 0.4) is 0 Å². The molecule has 0 saturated carbocycles. The van der Waals surface area contributed by atoms with Gasteiger partial charge >= 0.3 is 0 Å². The van der Waals surface area contributed by atoms with Crippen LogP contribution in [0.2, 0.25) is 0 Å². The van der Waals surface area contributed by atoms with E-state index in [4.69, 9.17) is 0 Å². The first kappa shape index (κ1) is 13.9. The predicted octanol–water partition coefficient (Wildman–Crippen LogP) is 3.07. The van der Waals surface area contributed by atoms with E-state index in [1.807, 2.05) is 25.1 Å².